The van der Waals surface area contributed by atoms with Gasteiger partial charge in [0.1, 0.15) is 5.69 Å². The van der Waals surface area contributed by atoms with Gasteiger partial charge in [0.15, 0.2) is 0 Å². The molecule has 0 bridgehead atoms. The van der Waals surface area contributed by atoms with E-state index >= 15 is 0 Å². The Balaban J connectivity index is 1.44. The van der Waals surface area contributed by atoms with Crippen molar-refractivity contribution in [2.24, 2.45) is 13.0 Å². The Hall–Kier alpha value is -2.52. The van der Waals surface area contributed by atoms with Crippen molar-refractivity contribution in [3.63, 3.8) is 0 Å². The minimum Gasteiger partial charge on any atom is -0.350 e. The first kappa shape index (κ1) is 16.9. The van der Waals surface area contributed by atoms with E-state index in [4.69, 9.17) is 0 Å². The summed E-state index contributed by atoms with van der Waals surface area (Å²) in [6.07, 6.45) is 5.79. The van der Waals surface area contributed by atoms with Crippen molar-refractivity contribution in [1.29, 1.82) is 0 Å². The zero-order valence-corrected chi connectivity index (χ0v) is 15.4. The second kappa shape index (κ2) is 7.38. The van der Waals surface area contributed by atoms with Gasteiger partial charge in [-0.1, -0.05) is 0 Å². The number of nitrogens with one attached hydrogen (secondary N) is 1. The third kappa shape index (κ3) is 3.83. The summed E-state index contributed by atoms with van der Waals surface area (Å²) in [6.45, 7) is 3.94. The van der Waals surface area contributed by atoms with Gasteiger partial charge < -0.3 is 5.32 Å². The highest BCUT2D eigenvalue weighted by Crippen LogP contribution is 2.18. The van der Waals surface area contributed by atoms with Crippen molar-refractivity contribution in [2.75, 3.05) is 13.1 Å². The summed E-state index contributed by atoms with van der Waals surface area (Å²) in [4.78, 5) is 18.6. The van der Waals surface area contributed by atoms with Crippen LogP contribution in [-0.4, -0.2) is 48.4 Å². The average Bonchev–Trinajstić information content (AvgIpc) is 3.35. The van der Waals surface area contributed by atoms with Crippen LogP contribution in [0, 0.1) is 5.92 Å². The van der Waals surface area contributed by atoms with E-state index in [0.717, 1.165) is 26.2 Å². The molecule has 1 aliphatic heterocycles. The molecule has 0 radical (unpaired) electrons. The lowest BCUT2D eigenvalue weighted by atomic mass is 10.1. The Bertz CT molecular complexity index is 869. The summed E-state index contributed by atoms with van der Waals surface area (Å²) in [5.41, 5.74) is 4.54. The normalized spacial score (nSPS) is 17.7. The van der Waals surface area contributed by atoms with Gasteiger partial charge in [0, 0.05) is 69.0 Å². The molecule has 1 unspecified atom stereocenters. The number of amides is 1. The van der Waals surface area contributed by atoms with E-state index in [0.29, 0.717) is 12.2 Å². The maximum atomic E-state index is 12.2. The number of nitrogens with zero attached hydrogens (tertiary/aromatic N) is 6. The van der Waals surface area contributed by atoms with E-state index < -0.39 is 0 Å². The Morgan fingerprint density at radius 1 is 1.38 bits per heavy atom. The molecule has 3 aromatic heterocycles. The summed E-state index contributed by atoms with van der Waals surface area (Å²) < 4.78 is 3.87. The fourth-order valence-electron chi connectivity index (χ4n) is 3.33. The van der Waals surface area contributed by atoms with Crippen molar-refractivity contribution in [3.8, 4) is 0 Å². The SMILES string of the molecule is Cn1cc(CN2Cc3ccnn3CC(CNC(=O)c3cscn3)C2)cn1. The zero-order valence-electron chi connectivity index (χ0n) is 14.6. The third-order valence-electron chi connectivity index (χ3n) is 4.52. The Morgan fingerprint density at radius 2 is 2.31 bits per heavy atom. The number of rotatable bonds is 5. The van der Waals surface area contributed by atoms with Gasteiger partial charge >= 0.3 is 0 Å². The highest BCUT2D eigenvalue weighted by molar-refractivity contribution is 7.07. The van der Waals surface area contributed by atoms with Gasteiger partial charge in [-0.3, -0.25) is 19.1 Å². The van der Waals surface area contributed by atoms with Crippen LogP contribution in [0.25, 0.3) is 0 Å². The minimum atomic E-state index is -0.116. The monoisotopic (exact) mass is 371 g/mol. The van der Waals surface area contributed by atoms with Crippen molar-refractivity contribution < 1.29 is 4.79 Å². The van der Waals surface area contributed by atoms with Crippen LogP contribution in [0.5, 0.6) is 0 Å². The Morgan fingerprint density at radius 3 is 3.08 bits per heavy atom. The van der Waals surface area contributed by atoms with Crippen molar-refractivity contribution in [1.82, 2.24) is 34.8 Å². The van der Waals surface area contributed by atoms with Crippen LogP contribution in [-0.2, 0) is 26.7 Å². The Labute approximate surface area is 155 Å². The van der Waals surface area contributed by atoms with Gasteiger partial charge in [0.05, 0.1) is 17.4 Å². The molecule has 0 fully saturated rings. The van der Waals surface area contributed by atoms with Gasteiger partial charge in [-0.25, -0.2) is 4.98 Å². The molecule has 26 heavy (non-hydrogen) atoms. The van der Waals surface area contributed by atoms with Gasteiger partial charge in [-0.05, 0) is 6.07 Å². The molecule has 0 aliphatic carbocycles. The van der Waals surface area contributed by atoms with E-state index in [1.165, 1.54) is 22.6 Å². The van der Waals surface area contributed by atoms with Crippen LogP contribution in [0.3, 0.4) is 0 Å². The van der Waals surface area contributed by atoms with Crippen LogP contribution in [0.4, 0.5) is 0 Å². The first-order chi connectivity index (χ1) is 12.7. The Kier molecular flexibility index (Phi) is 4.81. The second-order valence-electron chi connectivity index (χ2n) is 6.65. The molecule has 136 valence electrons. The molecule has 8 nitrogen and oxygen atoms in total. The van der Waals surface area contributed by atoms with E-state index in [9.17, 15) is 4.79 Å². The summed E-state index contributed by atoms with van der Waals surface area (Å²) in [6, 6.07) is 2.06. The fraction of sp³-hybridized carbons (Fsp3) is 0.412. The van der Waals surface area contributed by atoms with Crippen LogP contribution >= 0.6 is 11.3 Å². The van der Waals surface area contributed by atoms with Crippen LogP contribution in [0.1, 0.15) is 21.7 Å². The molecule has 0 aromatic carbocycles. The topological polar surface area (TPSA) is 80.9 Å². The molecule has 0 spiro atoms. The fourth-order valence-corrected chi connectivity index (χ4v) is 3.87. The van der Waals surface area contributed by atoms with Crippen molar-refractivity contribution in [2.45, 2.75) is 19.6 Å². The van der Waals surface area contributed by atoms with Crippen LogP contribution < -0.4 is 5.32 Å². The highest BCUT2D eigenvalue weighted by Gasteiger charge is 2.23. The molecule has 0 saturated heterocycles. The largest absolute Gasteiger partial charge is 0.350 e. The summed E-state index contributed by atoms with van der Waals surface area (Å²) in [5.74, 6) is 0.158. The van der Waals surface area contributed by atoms with Gasteiger partial charge in [0.25, 0.3) is 5.91 Å². The number of hydrogen-bond acceptors (Lipinski definition) is 6. The number of hydrogen-bond donors (Lipinski definition) is 1. The summed E-state index contributed by atoms with van der Waals surface area (Å²) >= 11 is 1.43. The number of carbonyl (C=O) groups excluding carboxylic acids is 1. The van der Waals surface area contributed by atoms with Crippen LogP contribution in [0.2, 0.25) is 0 Å². The molecule has 1 N–H and O–H groups in total. The molecule has 9 heteroatoms. The standard InChI is InChI=1S/C17H21N7OS/c1-22-6-14(5-21-22)8-23-7-13(9-24-15(10-23)2-3-20-24)4-18-17(25)16-11-26-12-19-16/h2-3,5-6,11-13H,4,7-10H2,1H3,(H,18,25). The lowest BCUT2D eigenvalue weighted by Crippen LogP contribution is -2.36. The third-order valence-corrected chi connectivity index (χ3v) is 5.10. The molecular formula is C17H21N7OS. The molecule has 1 atom stereocenters. The number of aromatic nitrogens is 5. The van der Waals surface area contributed by atoms with E-state index in [1.807, 2.05) is 35.0 Å². The van der Waals surface area contributed by atoms with Crippen molar-refractivity contribution >= 4 is 17.2 Å². The van der Waals surface area contributed by atoms with E-state index in [2.05, 4.69) is 31.5 Å². The summed E-state index contributed by atoms with van der Waals surface area (Å²) in [7, 11) is 1.93. The quantitative estimate of drug-likeness (QED) is 0.727. The molecule has 1 amide bonds. The van der Waals surface area contributed by atoms with Gasteiger partial charge in [0.2, 0.25) is 0 Å². The maximum Gasteiger partial charge on any atom is 0.270 e. The highest BCUT2D eigenvalue weighted by atomic mass is 32.1. The van der Waals surface area contributed by atoms with Crippen LogP contribution in [0.15, 0.2) is 35.5 Å². The predicted octanol–water partition coefficient (Wildman–Crippen LogP) is 1.14. The lowest BCUT2D eigenvalue weighted by molar-refractivity contribution is 0.0936. The lowest BCUT2D eigenvalue weighted by Gasteiger charge is -2.23. The summed E-state index contributed by atoms with van der Waals surface area (Å²) in [5, 5.41) is 13.5. The van der Waals surface area contributed by atoms with Crippen molar-refractivity contribution in [3.05, 3.63) is 52.5 Å². The first-order valence-corrected chi connectivity index (χ1v) is 9.48. The molecule has 4 heterocycles. The van der Waals surface area contributed by atoms with E-state index in [1.54, 1.807) is 10.9 Å². The number of fused-ring (bicyclic) bond motifs is 1. The molecule has 1 aliphatic rings. The van der Waals surface area contributed by atoms with Gasteiger partial charge in [-0.2, -0.15) is 10.2 Å². The predicted molar refractivity (Wildman–Crippen MR) is 97.5 cm³/mol. The van der Waals surface area contributed by atoms with E-state index in [-0.39, 0.29) is 11.8 Å². The maximum absolute atomic E-state index is 12.2. The number of carbonyl (C=O) groups is 1. The van der Waals surface area contributed by atoms with Gasteiger partial charge in [-0.15, -0.1) is 11.3 Å². The molecule has 3 aromatic rings. The zero-order chi connectivity index (χ0) is 17.9. The second-order valence-corrected chi connectivity index (χ2v) is 7.36. The minimum absolute atomic E-state index is 0.116. The average molecular weight is 371 g/mol. The molecular weight excluding hydrogens is 350 g/mol. The molecule has 4 rings (SSSR count). The number of thiazole rings is 1. The smallest absolute Gasteiger partial charge is 0.270 e. The number of aryl methyl sites for hydroxylation is 1. The molecule has 0 saturated carbocycles. The first-order valence-electron chi connectivity index (χ1n) is 8.54.